The molecule has 3 aromatic rings. The van der Waals surface area contributed by atoms with Crippen molar-refractivity contribution in [2.45, 2.75) is 59.4 Å². The highest BCUT2D eigenvalue weighted by molar-refractivity contribution is 5.80. The fourth-order valence-electron chi connectivity index (χ4n) is 3.33. The SMILES string of the molecule is CCc1nc2c(C(C)C)cn(C)c2nc1-c1ccc(C(C)C)nc1CN. The van der Waals surface area contributed by atoms with E-state index in [0.717, 1.165) is 45.9 Å². The zero-order valence-corrected chi connectivity index (χ0v) is 16.7. The minimum absolute atomic E-state index is 0.370. The number of aromatic nitrogens is 4. The van der Waals surface area contributed by atoms with Crippen molar-refractivity contribution in [3.63, 3.8) is 0 Å². The van der Waals surface area contributed by atoms with Crippen molar-refractivity contribution >= 4 is 11.2 Å². The van der Waals surface area contributed by atoms with Gasteiger partial charge in [-0.15, -0.1) is 0 Å². The molecule has 0 radical (unpaired) electrons. The fourth-order valence-corrected chi connectivity index (χ4v) is 3.33. The quantitative estimate of drug-likeness (QED) is 0.744. The van der Waals surface area contributed by atoms with Crippen molar-refractivity contribution < 1.29 is 0 Å². The van der Waals surface area contributed by atoms with E-state index in [-0.39, 0.29) is 0 Å². The van der Waals surface area contributed by atoms with Gasteiger partial charge in [0.2, 0.25) is 0 Å². The van der Waals surface area contributed by atoms with E-state index in [1.165, 1.54) is 5.56 Å². The van der Waals surface area contributed by atoms with Crippen molar-refractivity contribution in [2.75, 3.05) is 0 Å². The first-order valence-corrected chi connectivity index (χ1v) is 9.43. The summed E-state index contributed by atoms with van der Waals surface area (Å²) in [4.78, 5) is 14.8. The Bertz CT molecular complexity index is 937. The summed E-state index contributed by atoms with van der Waals surface area (Å²) in [6, 6.07) is 4.18. The maximum Gasteiger partial charge on any atom is 0.159 e. The summed E-state index contributed by atoms with van der Waals surface area (Å²) < 4.78 is 2.07. The Morgan fingerprint density at radius 3 is 2.31 bits per heavy atom. The molecule has 3 aromatic heterocycles. The molecule has 5 nitrogen and oxygen atoms in total. The van der Waals surface area contributed by atoms with Gasteiger partial charge in [0.1, 0.15) is 5.52 Å². The molecule has 0 saturated carbocycles. The van der Waals surface area contributed by atoms with Crippen LogP contribution in [0.4, 0.5) is 0 Å². The summed E-state index contributed by atoms with van der Waals surface area (Å²) >= 11 is 0. The third kappa shape index (κ3) is 3.12. The standard InChI is InChI=1S/C21H29N5/c1-7-16-19(14-8-9-17(13(4)5)23-18(14)10-22)25-21-20(24-16)15(12(2)3)11-26(21)6/h8-9,11-13H,7,10,22H2,1-6H3. The molecular weight excluding hydrogens is 322 g/mol. The number of rotatable bonds is 5. The van der Waals surface area contributed by atoms with Crippen LogP contribution in [0, 0.1) is 0 Å². The van der Waals surface area contributed by atoms with Gasteiger partial charge in [-0.25, -0.2) is 9.97 Å². The maximum absolute atomic E-state index is 6.02. The molecule has 0 aliphatic heterocycles. The van der Waals surface area contributed by atoms with E-state index < -0.39 is 0 Å². The lowest BCUT2D eigenvalue weighted by molar-refractivity contribution is 0.804. The zero-order valence-electron chi connectivity index (χ0n) is 16.7. The van der Waals surface area contributed by atoms with Gasteiger partial charge >= 0.3 is 0 Å². The molecule has 0 saturated heterocycles. The first-order valence-electron chi connectivity index (χ1n) is 9.43. The Hall–Kier alpha value is -2.27. The Balaban J connectivity index is 2.26. The number of fused-ring (bicyclic) bond motifs is 1. The van der Waals surface area contributed by atoms with E-state index in [1.54, 1.807) is 0 Å². The number of nitrogens with two attached hydrogens (primary N) is 1. The number of hydrogen-bond acceptors (Lipinski definition) is 4. The van der Waals surface area contributed by atoms with Gasteiger partial charge < -0.3 is 10.3 Å². The third-order valence-corrected chi connectivity index (χ3v) is 4.88. The van der Waals surface area contributed by atoms with Crippen molar-refractivity contribution in [3.05, 3.63) is 41.0 Å². The van der Waals surface area contributed by atoms with Gasteiger partial charge in [-0.1, -0.05) is 34.6 Å². The molecular formula is C21H29N5. The molecule has 0 bridgehead atoms. The second-order valence-electron chi connectivity index (χ2n) is 7.48. The molecule has 2 N–H and O–H groups in total. The van der Waals surface area contributed by atoms with E-state index in [4.69, 9.17) is 20.7 Å². The largest absolute Gasteiger partial charge is 0.334 e. The summed E-state index contributed by atoms with van der Waals surface area (Å²) in [5.74, 6) is 0.783. The molecule has 0 atom stereocenters. The van der Waals surface area contributed by atoms with Crippen LogP contribution in [0.3, 0.4) is 0 Å². The Morgan fingerprint density at radius 2 is 1.73 bits per heavy atom. The van der Waals surface area contributed by atoms with E-state index in [0.29, 0.717) is 18.4 Å². The number of nitrogens with zero attached hydrogens (tertiary/aromatic N) is 4. The summed E-state index contributed by atoms with van der Waals surface area (Å²) in [5.41, 5.74) is 14.0. The number of pyridine rings is 1. The first kappa shape index (κ1) is 18.5. The monoisotopic (exact) mass is 351 g/mol. The normalized spacial score (nSPS) is 11.9. The van der Waals surface area contributed by atoms with Gasteiger partial charge in [0.05, 0.1) is 17.1 Å². The van der Waals surface area contributed by atoms with E-state index >= 15 is 0 Å². The second-order valence-corrected chi connectivity index (χ2v) is 7.48. The molecule has 0 unspecified atom stereocenters. The number of aryl methyl sites for hydroxylation is 2. The van der Waals surface area contributed by atoms with Gasteiger partial charge in [-0.3, -0.25) is 4.98 Å². The zero-order chi connectivity index (χ0) is 19.0. The second kappa shape index (κ2) is 7.16. The van der Waals surface area contributed by atoms with Crippen LogP contribution in [0.2, 0.25) is 0 Å². The molecule has 3 heterocycles. The lowest BCUT2D eigenvalue weighted by Crippen LogP contribution is -2.08. The van der Waals surface area contributed by atoms with Crippen molar-refractivity contribution in [2.24, 2.45) is 12.8 Å². The molecule has 0 amide bonds. The molecule has 0 aliphatic carbocycles. The van der Waals surface area contributed by atoms with Gasteiger partial charge in [0, 0.05) is 36.6 Å². The predicted molar refractivity (Wildman–Crippen MR) is 107 cm³/mol. The first-order chi connectivity index (χ1) is 12.4. The van der Waals surface area contributed by atoms with Crippen LogP contribution in [0.5, 0.6) is 0 Å². The van der Waals surface area contributed by atoms with Gasteiger partial charge in [0.25, 0.3) is 0 Å². The van der Waals surface area contributed by atoms with Gasteiger partial charge in [0.15, 0.2) is 5.65 Å². The molecule has 0 fully saturated rings. The molecule has 3 rings (SSSR count). The van der Waals surface area contributed by atoms with Crippen LogP contribution in [-0.4, -0.2) is 19.5 Å². The van der Waals surface area contributed by atoms with Crippen molar-refractivity contribution in [1.29, 1.82) is 0 Å². The van der Waals surface area contributed by atoms with Crippen LogP contribution in [0.25, 0.3) is 22.4 Å². The topological polar surface area (TPSA) is 69.6 Å². The van der Waals surface area contributed by atoms with E-state index in [1.807, 2.05) is 7.05 Å². The third-order valence-electron chi connectivity index (χ3n) is 4.88. The van der Waals surface area contributed by atoms with Gasteiger partial charge in [-0.05, 0) is 30.4 Å². The van der Waals surface area contributed by atoms with E-state index in [9.17, 15) is 0 Å². The summed E-state index contributed by atoms with van der Waals surface area (Å²) in [6.07, 6.45) is 2.96. The maximum atomic E-state index is 6.02. The highest BCUT2D eigenvalue weighted by Crippen LogP contribution is 2.31. The fraction of sp³-hybridized carbons (Fsp3) is 0.476. The smallest absolute Gasteiger partial charge is 0.159 e. The summed E-state index contributed by atoms with van der Waals surface area (Å²) in [6.45, 7) is 11.2. The predicted octanol–water partition coefficient (Wildman–Crippen LogP) is 4.30. The van der Waals surface area contributed by atoms with Crippen molar-refractivity contribution in [3.8, 4) is 11.3 Å². The van der Waals surface area contributed by atoms with Crippen LogP contribution < -0.4 is 5.73 Å². The van der Waals surface area contributed by atoms with Crippen LogP contribution in [-0.2, 0) is 20.0 Å². The number of hydrogen-bond donors (Lipinski definition) is 1. The summed E-state index contributed by atoms with van der Waals surface area (Å²) in [5, 5.41) is 0. The highest BCUT2D eigenvalue weighted by atomic mass is 15.0. The molecule has 5 heteroatoms. The molecule has 138 valence electrons. The van der Waals surface area contributed by atoms with Crippen molar-refractivity contribution in [1.82, 2.24) is 19.5 Å². The average molecular weight is 351 g/mol. The molecule has 0 aromatic carbocycles. The Kier molecular flexibility index (Phi) is 5.10. The Morgan fingerprint density at radius 1 is 1.00 bits per heavy atom. The van der Waals surface area contributed by atoms with Gasteiger partial charge in [-0.2, -0.15) is 0 Å². The highest BCUT2D eigenvalue weighted by Gasteiger charge is 2.19. The van der Waals surface area contributed by atoms with Crippen LogP contribution in [0.1, 0.15) is 69.1 Å². The molecule has 0 spiro atoms. The minimum atomic E-state index is 0.370. The van der Waals surface area contributed by atoms with Crippen LogP contribution >= 0.6 is 0 Å². The average Bonchev–Trinajstić information content (AvgIpc) is 2.96. The molecule has 0 aliphatic rings. The lowest BCUT2D eigenvalue weighted by Gasteiger charge is -2.14. The summed E-state index contributed by atoms with van der Waals surface area (Å²) in [7, 11) is 2.03. The molecule has 26 heavy (non-hydrogen) atoms. The van der Waals surface area contributed by atoms with E-state index in [2.05, 4.69) is 57.5 Å². The Labute approximate surface area is 155 Å². The minimum Gasteiger partial charge on any atom is -0.334 e. The lowest BCUT2D eigenvalue weighted by atomic mass is 10.0. The van der Waals surface area contributed by atoms with Crippen LogP contribution in [0.15, 0.2) is 18.3 Å².